The van der Waals surface area contributed by atoms with E-state index in [4.69, 9.17) is 10.8 Å². The van der Waals surface area contributed by atoms with Crippen LogP contribution < -0.4 is 5.73 Å². The van der Waals surface area contributed by atoms with Crippen LogP contribution in [0.2, 0.25) is 0 Å². The zero-order chi connectivity index (χ0) is 15.8. The largest absolute Gasteiger partial charge is 0.478 e. The predicted molar refractivity (Wildman–Crippen MR) is 70.1 cm³/mol. The summed E-state index contributed by atoms with van der Waals surface area (Å²) >= 11 is 0. The molecule has 0 saturated carbocycles. The van der Waals surface area contributed by atoms with E-state index in [1.54, 1.807) is 0 Å². The first-order valence-corrected chi connectivity index (χ1v) is 7.42. The lowest BCUT2D eigenvalue weighted by Crippen LogP contribution is -2.31. The van der Waals surface area contributed by atoms with Gasteiger partial charge in [-0.25, -0.2) is 17.5 Å². The molecule has 8 nitrogen and oxygen atoms in total. The highest BCUT2D eigenvalue weighted by atomic mass is 32.2. The topological polar surface area (TPSA) is 135 Å². The molecule has 3 N–H and O–H groups in total. The van der Waals surface area contributed by atoms with Gasteiger partial charge in [0.1, 0.15) is 4.90 Å². The second-order valence-corrected chi connectivity index (χ2v) is 6.30. The maximum Gasteiger partial charge on any atom is 0.335 e. The maximum atomic E-state index is 12.2. The normalized spacial score (nSPS) is 15.8. The molecule has 0 spiro atoms. The summed E-state index contributed by atoms with van der Waals surface area (Å²) in [5.74, 6) is -2.61. The molecule has 0 fully saturated rings. The van der Waals surface area contributed by atoms with Crippen LogP contribution in [0.25, 0.3) is 0 Å². The molecule has 1 aliphatic heterocycles. The highest BCUT2D eigenvalue weighted by molar-refractivity contribution is 7.90. The van der Waals surface area contributed by atoms with Crippen molar-refractivity contribution in [3.05, 3.63) is 29.3 Å². The predicted octanol–water partition coefficient (Wildman–Crippen LogP) is -0.205. The minimum atomic E-state index is -4.08. The third kappa shape index (κ3) is 2.59. The molecule has 0 bridgehead atoms. The molecule has 1 aromatic rings. The number of aromatic carboxylic acids is 1. The molecular weight excluding hydrogens is 300 g/mol. The van der Waals surface area contributed by atoms with Crippen LogP contribution in [0.5, 0.6) is 0 Å². The van der Waals surface area contributed by atoms with E-state index in [2.05, 4.69) is 0 Å². The van der Waals surface area contributed by atoms with Gasteiger partial charge >= 0.3 is 5.97 Å². The number of hydrogen-bond acceptors (Lipinski definition) is 5. The summed E-state index contributed by atoms with van der Waals surface area (Å²) in [5, 5.41) is 8.88. The summed E-state index contributed by atoms with van der Waals surface area (Å²) in [5.41, 5.74) is 4.67. The van der Waals surface area contributed by atoms with Gasteiger partial charge in [0.05, 0.1) is 11.1 Å². The van der Waals surface area contributed by atoms with Crippen LogP contribution in [0.4, 0.5) is 0 Å². The van der Waals surface area contributed by atoms with Crippen molar-refractivity contribution in [3.8, 4) is 0 Å². The molecule has 0 saturated heterocycles. The van der Waals surface area contributed by atoms with E-state index in [1.165, 1.54) is 12.1 Å². The van der Waals surface area contributed by atoms with E-state index in [9.17, 15) is 22.8 Å². The molecule has 21 heavy (non-hydrogen) atoms. The summed E-state index contributed by atoms with van der Waals surface area (Å²) in [7, 11) is -4.08. The van der Waals surface area contributed by atoms with Crippen molar-refractivity contribution in [1.82, 2.24) is 4.31 Å². The van der Waals surface area contributed by atoms with Gasteiger partial charge in [0.2, 0.25) is 5.91 Å². The Balaban J connectivity index is 2.35. The monoisotopic (exact) mass is 312 g/mol. The number of nitrogens with two attached hydrogens (primary N) is 1. The molecule has 2 amide bonds. The number of carboxylic acids is 1. The van der Waals surface area contributed by atoms with Crippen molar-refractivity contribution < 1.29 is 27.9 Å². The van der Waals surface area contributed by atoms with Crippen LogP contribution in [-0.4, -0.2) is 42.2 Å². The summed E-state index contributed by atoms with van der Waals surface area (Å²) in [4.78, 5) is 33.3. The van der Waals surface area contributed by atoms with Crippen LogP contribution in [0.3, 0.4) is 0 Å². The van der Waals surface area contributed by atoms with Gasteiger partial charge in [-0.1, -0.05) is 0 Å². The highest BCUT2D eigenvalue weighted by Gasteiger charge is 2.41. The van der Waals surface area contributed by atoms with Gasteiger partial charge in [-0.15, -0.1) is 0 Å². The highest BCUT2D eigenvalue weighted by Crippen LogP contribution is 2.31. The van der Waals surface area contributed by atoms with Gasteiger partial charge < -0.3 is 10.8 Å². The Morgan fingerprint density at radius 3 is 2.52 bits per heavy atom. The second kappa shape index (κ2) is 5.17. The first-order chi connectivity index (χ1) is 9.75. The van der Waals surface area contributed by atoms with Gasteiger partial charge in [-0.05, 0) is 24.6 Å². The first-order valence-electron chi connectivity index (χ1n) is 5.98. The number of carbonyl (C=O) groups excluding carboxylic acids is 2. The molecule has 0 radical (unpaired) electrons. The summed E-state index contributed by atoms with van der Waals surface area (Å²) < 4.78 is 25.1. The second-order valence-electron chi connectivity index (χ2n) is 4.47. The smallest absolute Gasteiger partial charge is 0.335 e. The van der Waals surface area contributed by atoms with Crippen molar-refractivity contribution in [2.75, 3.05) is 6.54 Å². The molecule has 0 aliphatic carbocycles. The SMILES string of the molecule is NC(=O)CCCN1C(=O)c2ccc(C(=O)O)cc2S1(=O)=O. The standard InChI is InChI=1S/C12H12N2O6S/c13-10(15)2-1-5-14-11(16)8-4-3-7(12(17)18)6-9(8)21(14,19)20/h3-4,6H,1-2,5H2,(H2,13,15)(H,17,18). The summed E-state index contributed by atoms with van der Waals surface area (Å²) in [6.45, 7) is -0.179. The Morgan fingerprint density at radius 1 is 1.29 bits per heavy atom. The van der Waals surface area contributed by atoms with Crippen LogP contribution in [-0.2, 0) is 14.8 Å². The van der Waals surface area contributed by atoms with Crippen LogP contribution in [0, 0.1) is 0 Å². The first kappa shape index (κ1) is 15.0. The number of amides is 2. The van der Waals surface area contributed by atoms with Gasteiger partial charge in [0.15, 0.2) is 0 Å². The molecule has 2 rings (SSSR count). The minimum Gasteiger partial charge on any atom is -0.478 e. The van der Waals surface area contributed by atoms with Crippen LogP contribution >= 0.6 is 0 Å². The minimum absolute atomic E-state index is 0.0456. The molecule has 1 aromatic carbocycles. The maximum absolute atomic E-state index is 12.2. The van der Waals surface area contributed by atoms with Crippen molar-refractivity contribution in [2.24, 2.45) is 5.73 Å². The lowest BCUT2D eigenvalue weighted by molar-refractivity contribution is -0.118. The number of nitrogens with zero attached hydrogens (tertiary/aromatic N) is 1. The van der Waals surface area contributed by atoms with Crippen molar-refractivity contribution in [1.29, 1.82) is 0 Å². The molecule has 1 aliphatic rings. The number of carbonyl (C=O) groups is 3. The van der Waals surface area contributed by atoms with Crippen molar-refractivity contribution in [3.63, 3.8) is 0 Å². The zero-order valence-electron chi connectivity index (χ0n) is 10.8. The Bertz CT molecular complexity index is 740. The van der Waals surface area contributed by atoms with Crippen LogP contribution in [0.1, 0.15) is 33.6 Å². The molecule has 0 aromatic heterocycles. The average molecular weight is 312 g/mol. The van der Waals surface area contributed by atoms with Crippen LogP contribution in [0.15, 0.2) is 23.1 Å². The van der Waals surface area contributed by atoms with Gasteiger partial charge in [-0.2, -0.15) is 0 Å². The number of carboxylic acid groups (broad SMARTS) is 1. The quantitative estimate of drug-likeness (QED) is 0.772. The Morgan fingerprint density at radius 2 is 1.95 bits per heavy atom. The van der Waals surface area contributed by atoms with E-state index < -0.39 is 27.8 Å². The van der Waals surface area contributed by atoms with E-state index in [0.717, 1.165) is 6.07 Å². The Hall–Kier alpha value is -2.42. The lowest BCUT2D eigenvalue weighted by Gasteiger charge is -2.14. The fourth-order valence-electron chi connectivity index (χ4n) is 2.03. The Kier molecular flexibility index (Phi) is 3.69. The fraction of sp³-hybridized carbons (Fsp3) is 0.250. The van der Waals surface area contributed by atoms with Gasteiger partial charge in [0.25, 0.3) is 15.9 Å². The average Bonchev–Trinajstić information content (AvgIpc) is 2.59. The van der Waals surface area contributed by atoms with Crippen molar-refractivity contribution in [2.45, 2.75) is 17.7 Å². The number of benzene rings is 1. The molecule has 9 heteroatoms. The fourth-order valence-corrected chi connectivity index (χ4v) is 3.66. The van der Waals surface area contributed by atoms with E-state index in [1.807, 2.05) is 0 Å². The number of hydrogen-bond donors (Lipinski definition) is 2. The molecule has 112 valence electrons. The Labute approximate surface area is 120 Å². The van der Waals surface area contributed by atoms with Gasteiger partial charge in [0, 0.05) is 13.0 Å². The van der Waals surface area contributed by atoms with E-state index in [-0.39, 0.29) is 35.4 Å². The third-order valence-electron chi connectivity index (χ3n) is 3.04. The zero-order valence-corrected chi connectivity index (χ0v) is 11.6. The lowest BCUT2D eigenvalue weighted by atomic mass is 10.1. The molecule has 0 unspecified atom stereocenters. The third-order valence-corrected chi connectivity index (χ3v) is 4.86. The van der Waals surface area contributed by atoms with Gasteiger partial charge in [-0.3, -0.25) is 9.59 Å². The molecule has 1 heterocycles. The number of rotatable bonds is 5. The number of fused-ring (bicyclic) bond motifs is 1. The van der Waals surface area contributed by atoms with E-state index >= 15 is 0 Å². The van der Waals surface area contributed by atoms with Crippen molar-refractivity contribution >= 4 is 27.8 Å². The van der Waals surface area contributed by atoms with E-state index in [0.29, 0.717) is 4.31 Å². The summed E-state index contributed by atoms with van der Waals surface area (Å²) in [6.07, 6.45) is 0.0656. The summed E-state index contributed by atoms with van der Waals surface area (Å²) in [6, 6.07) is 3.30. The molecular formula is C12H12N2O6S. The number of primary amides is 1. The molecule has 0 atom stereocenters. The number of sulfonamides is 1.